The van der Waals surface area contributed by atoms with Crippen LogP contribution in [-0.4, -0.2) is 81.7 Å². The van der Waals surface area contributed by atoms with Gasteiger partial charge in [0.25, 0.3) is 0 Å². The van der Waals surface area contributed by atoms with Crippen LogP contribution >= 0.6 is 0 Å². The summed E-state index contributed by atoms with van der Waals surface area (Å²) >= 11 is 0. The number of methoxy groups -OCH3 is 2. The normalized spacial score (nSPS) is 19.5. The van der Waals surface area contributed by atoms with Gasteiger partial charge in [0.05, 0.1) is 45.1 Å². The Bertz CT molecular complexity index is 1200. The van der Waals surface area contributed by atoms with E-state index in [1.807, 2.05) is 19.1 Å². The highest BCUT2D eigenvalue weighted by Gasteiger charge is 2.37. The molecule has 0 amide bonds. The summed E-state index contributed by atoms with van der Waals surface area (Å²) in [6.07, 6.45) is 4.61. The second-order valence-corrected chi connectivity index (χ2v) is 8.72. The molecule has 4 rings (SSSR count). The molecule has 12 nitrogen and oxygen atoms in total. The Balaban J connectivity index is 0.000000342. The van der Waals surface area contributed by atoms with E-state index in [9.17, 15) is 19.5 Å². The number of aliphatic imine (C=N–C) groups is 1. The first-order chi connectivity index (χ1) is 18.2. The Morgan fingerprint density at radius 1 is 1.00 bits per heavy atom. The number of aromatic nitrogens is 2. The number of hydrogen-bond acceptors (Lipinski definition) is 10. The molecule has 1 fully saturated rings. The van der Waals surface area contributed by atoms with Gasteiger partial charge >= 0.3 is 17.9 Å². The Labute approximate surface area is 219 Å². The lowest BCUT2D eigenvalue weighted by molar-refractivity contribution is -0.149. The van der Waals surface area contributed by atoms with E-state index in [1.165, 1.54) is 0 Å². The van der Waals surface area contributed by atoms with Gasteiger partial charge in [0.1, 0.15) is 0 Å². The summed E-state index contributed by atoms with van der Waals surface area (Å²) in [7, 11) is 3.17. The second-order valence-electron chi connectivity index (χ2n) is 8.72. The minimum atomic E-state index is -1.58. The van der Waals surface area contributed by atoms with Gasteiger partial charge in [-0.05, 0) is 43.9 Å². The van der Waals surface area contributed by atoms with Crippen LogP contribution in [0.3, 0.4) is 0 Å². The van der Waals surface area contributed by atoms with Gasteiger partial charge in [-0.1, -0.05) is 0 Å². The summed E-state index contributed by atoms with van der Waals surface area (Å²) in [4.78, 5) is 43.3. The van der Waals surface area contributed by atoms with E-state index in [-0.39, 0.29) is 18.1 Å². The van der Waals surface area contributed by atoms with Crippen LogP contribution in [-0.2, 0) is 14.4 Å². The number of carboxylic acids is 2. The summed E-state index contributed by atoms with van der Waals surface area (Å²) in [5.41, 5.74) is 3.78. The number of carboxylic acid groups (broad SMARTS) is 2. The van der Waals surface area contributed by atoms with Crippen LogP contribution in [0, 0.1) is 0 Å². The molecule has 1 aromatic carbocycles. The lowest BCUT2D eigenvalue weighted by atomic mass is 9.74. The molecule has 38 heavy (non-hydrogen) atoms. The average Bonchev–Trinajstić information content (AvgIpc) is 2.91. The highest BCUT2D eigenvalue weighted by atomic mass is 16.5. The van der Waals surface area contributed by atoms with E-state index < -0.39 is 30.6 Å². The lowest BCUT2D eigenvalue weighted by Crippen LogP contribution is -2.34. The third-order valence-electron chi connectivity index (χ3n) is 6.26. The van der Waals surface area contributed by atoms with Crippen LogP contribution in [0.5, 0.6) is 17.5 Å². The first-order valence-electron chi connectivity index (χ1n) is 12.1. The van der Waals surface area contributed by atoms with Gasteiger partial charge in [0.15, 0.2) is 11.5 Å². The molecule has 0 bridgehead atoms. The summed E-state index contributed by atoms with van der Waals surface area (Å²) < 4.78 is 16.4. The molecular formula is C26H31N3O9. The number of aliphatic hydroxyl groups excluding tert-OH is 1. The Hall–Kier alpha value is -4.06. The maximum atomic E-state index is 10.2. The van der Waals surface area contributed by atoms with Gasteiger partial charge in [0, 0.05) is 35.9 Å². The summed E-state index contributed by atoms with van der Waals surface area (Å²) in [5.74, 6) is -2.28. The smallest absolute Gasteiger partial charge is 0.372 e. The number of ketones is 1. The highest BCUT2D eigenvalue weighted by Crippen LogP contribution is 2.44. The Morgan fingerprint density at radius 2 is 1.71 bits per heavy atom. The van der Waals surface area contributed by atoms with E-state index in [0.29, 0.717) is 24.8 Å². The number of ether oxygens (including phenoxy) is 3. The predicted octanol–water partition coefficient (Wildman–Crippen LogP) is 2.25. The van der Waals surface area contributed by atoms with Crippen LogP contribution in [0.15, 0.2) is 29.5 Å². The predicted molar refractivity (Wildman–Crippen MR) is 134 cm³/mol. The molecular weight excluding hydrogens is 498 g/mol. The highest BCUT2D eigenvalue weighted by molar-refractivity contribution is 6.32. The molecule has 0 spiro atoms. The zero-order chi connectivity index (χ0) is 27.8. The summed E-state index contributed by atoms with van der Waals surface area (Å²) in [6.45, 7) is 2.51. The number of rotatable bonds is 9. The lowest BCUT2D eigenvalue weighted by Gasteiger charge is -2.37. The molecule has 1 saturated carbocycles. The number of carbonyl (C=O) groups excluding carboxylic acids is 1. The molecule has 1 aliphatic carbocycles. The largest absolute Gasteiger partial charge is 0.493 e. The fraction of sp³-hybridized carbons (Fsp3) is 0.462. The van der Waals surface area contributed by atoms with Crippen molar-refractivity contribution >= 4 is 23.4 Å². The van der Waals surface area contributed by atoms with E-state index >= 15 is 0 Å². The minimum absolute atomic E-state index is 0.121. The first kappa shape index (κ1) is 28.5. The Kier molecular flexibility index (Phi) is 9.72. The van der Waals surface area contributed by atoms with Gasteiger partial charge in [-0.2, -0.15) is 0 Å². The van der Waals surface area contributed by atoms with E-state index in [2.05, 4.69) is 9.97 Å². The number of Topliss-reactive ketones (excluding diaryl/α,β-unsaturated/α-hetero) is 1. The molecule has 0 unspecified atom stereocenters. The molecule has 0 saturated heterocycles. The van der Waals surface area contributed by atoms with E-state index in [1.54, 1.807) is 26.6 Å². The van der Waals surface area contributed by atoms with Crippen molar-refractivity contribution in [2.75, 3.05) is 20.8 Å². The van der Waals surface area contributed by atoms with Crippen molar-refractivity contribution in [3.8, 4) is 17.5 Å². The van der Waals surface area contributed by atoms with Gasteiger partial charge in [-0.3, -0.25) is 14.6 Å². The standard InChI is InChI=1S/C21H25N3O4.C5H6O5/c1-4-28-19-8-14-15-7-13(25)5-6-17(15)24-20(16(14)9-18(19)26-2)12-10-22-21(27-3)23-11-12;6-3(5(9)10)1-2-4(7)8/h8-11,13,15,17,25H,4-7H2,1-3H3;1-2H2,(H,7,8)(H,9,10)/t13-,15-,17-;/m1./s1. The SMILES string of the molecule is CCOc1cc2c(cc1OC)C(c1cnc(OC)nc1)=N[C@@H]1CC[C@@H](O)C[C@H]21.O=C(O)CCC(=O)C(=O)O. The number of aliphatic carboxylic acids is 2. The Morgan fingerprint density at radius 3 is 2.29 bits per heavy atom. The molecule has 3 atom stereocenters. The van der Waals surface area contributed by atoms with Crippen molar-refractivity contribution in [2.45, 2.75) is 57.1 Å². The quantitative estimate of drug-likeness (QED) is 0.406. The van der Waals surface area contributed by atoms with Crippen molar-refractivity contribution in [2.24, 2.45) is 4.99 Å². The van der Waals surface area contributed by atoms with Crippen molar-refractivity contribution in [1.82, 2.24) is 9.97 Å². The molecule has 2 heterocycles. The summed E-state index contributed by atoms with van der Waals surface area (Å²) in [6, 6.07) is 4.46. The van der Waals surface area contributed by atoms with Crippen molar-refractivity contribution < 1.29 is 43.9 Å². The van der Waals surface area contributed by atoms with Gasteiger partial charge in [-0.25, -0.2) is 14.8 Å². The molecule has 2 aromatic rings. The topological polar surface area (TPSA) is 178 Å². The fourth-order valence-electron chi connectivity index (χ4n) is 4.47. The minimum Gasteiger partial charge on any atom is -0.493 e. The van der Waals surface area contributed by atoms with Gasteiger partial charge in [0.2, 0.25) is 5.78 Å². The second kappa shape index (κ2) is 13.0. The van der Waals surface area contributed by atoms with Crippen molar-refractivity contribution in [3.63, 3.8) is 0 Å². The first-order valence-corrected chi connectivity index (χ1v) is 12.1. The fourth-order valence-corrected chi connectivity index (χ4v) is 4.47. The monoisotopic (exact) mass is 529 g/mol. The number of fused-ring (bicyclic) bond motifs is 3. The van der Waals surface area contributed by atoms with E-state index in [4.69, 9.17) is 29.4 Å². The number of hydrogen-bond donors (Lipinski definition) is 3. The molecule has 0 radical (unpaired) electrons. The molecule has 1 aliphatic heterocycles. The average molecular weight is 530 g/mol. The third-order valence-corrected chi connectivity index (χ3v) is 6.26. The van der Waals surface area contributed by atoms with Crippen LogP contribution in [0.1, 0.15) is 61.6 Å². The van der Waals surface area contributed by atoms with E-state index in [0.717, 1.165) is 41.0 Å². The van der Waals surface area contributed by atoms with Crippen LogP contribution < -0.4 is 14.2 Å². The molecule has 3 N–H and O–H groups in total. The number of aliphatic hydroxyl groups is 1. The maximum Gasteiger partial charge on any atom is 0.372 e. The van der Waals surface area contributed by atoms with Crippen LogP contribution in [0.25, 0.3) is 0 Å². The van der Waals surface area contributed by atoms with Crippen molar-refractivity contribution in [1.29, 1.82) is 0 Å². The number of carbonyl (C=O) groups is 3. The van der Waals surface area contributed by atoms with Crippen LogP contribution in [0.2, 0.25) is 0 Å². The van der Waals surface area contributed by atoms with Gasteiger partial charge < -0.3 is 29.5 Å². The van der Waals surface area contributed by atoms with Gasteiger partial charge in [-0.15, -0.1) is 0 Å². The zero-order valence-electron chi connectivity index (χ0n) is 21.4. The summed E-state index contributed by atoms with van der Waals surface area (Å²) in [5, 5.41) is 26.2. The number of nitrogens with zero attached hydrogens (tertiary/aromatic N) is 3. The zero-order valence-corrected chi connectivity index (χ0v) is 21.4. The molecule has 1 aromatic heterocycles. The molecule has 12 heteroatoms. The number of benzene rings is 1. The van der Waals surface area contributed by atoms with Crippen molar-refractivity contribution in [3.05, 3.63) is 41.2 Å². The molecule has 2 aliphatic rings. The maximum absolute atomic E-state index is 10.2. The van der Waals surface area contributed by atoms with Crippen LogP contribution in [0.4, 0.5) is 0 Å². The third kappa shape index (κ3) is 6.82. The molecule has 204 valence electrons.